The average molecular weight is 888 g/mol. The molecule has 0 aromatic carbocycles. The van der Waals surface area contributed by atoms with Gasteiger partial charge in [0.2, 0.25) is 5.91 Å². The Labute approximate surface area is 373 Å². The molecule has 14 heteroatoms. The summed E-state index contributed by atoms with van der Waals surface area (Å²) >= 11 is 0. The number of aliphatic hydroxyl groups excluding tert-OH is 8. The summed E-state index contributed by atoms with van der Waals surface area (Å²) < 4.78 is 22.6. The van der Waals surface area contributed by atoms with Crippen molar-refractivity contribution in [1.29, 1.82) is 0 Å². The number of carbonyl (C=O) groups is 1. The summed E-state index contributed by atoms with van der Waals surface area (Å²) in [5.41, 5.74) is 0. The first kappa shape index (κ1) is 56.6. The first-order valence-corrected chi connectivity index (χ1v) is 24.6. The zero-order valence-electron chi connectivity index (χ0n) is 38.4. The van der Waals surface area contributed by atoms with Crippen LogP contribution in [0.4, 0.5) is 0 Å². The van der Waals surface area contributed by atoms with E-state index in [9.17, 15) is 45.6 Å². The van der Waals surface area contributed by atoms with Crippen LogP contribution in [0.1, 0.15) is 181 Å². The Morgan fingerprint density at radius 3 is 1.53 bits per heavy atom. The van der Waals surface area contributed by atoms with Crippen LogP contribution in [0.15, 0.2) is 24.3 Å². The van der Waals surface area contributed by atoms with Gasteiger partial charge in [0.05, 0.1) is 32.0 Å². The van der Waals surface area contributed by atoms with Crippen LogP contribution in [-0.4, -0.2) is 140 Å². The van der Waals surface area contributed by atoms with E-state index in [2.05, 4.69) is 31.3 Å². The molecule has 0 bridgehead atoms. The first-order valence-electron chi connectivity index (χ1n) is 24.6. The normalized spacial score (nSPS) is 27.9. The molecule has 1 amide bonds. The Bertz CT molecular complexity index is 1140. The third-order valence-corrected chi connectivity index (χ3v) is 12.1. The van der Waals surface area contributed by atoms with Gasteiger partial charge in [-0.1, -0.05) is 154 Å². The molecule has 2 rings (SSSR count). The van der Waals surface area contributed by atoms with Crippen LogP contribution in [-0.2, 0) is 23.7 Å². The molecular weight excluding hydrogens is 799 g/mol. The highest BCUT2D eigenvalue weighted by Gasteiger charge is 2.51. The standard InChI is InChI=1S/C48H89NO13/c1-3-5-7-9-11-13-15-17-18-20-22-24-26-28-30-32-40(53)49-36(37(52)31-29-27-25-23-21-19-16-14-12-10-8-6-4-2)35-59-47-45(58)43(56)46(39(34-51)61-47)62-48-44(57)42(55)41(54)38(33-50)60-48/h17-18,29,31,36-39,41-48,50-52,54-58H,3-16,19-28,30,32-35H2,1-2H3,(H,49,53)/t36-,37+,38+,39+,41-,42-,43+,44+,45+,46+,47+,48-/m0/s1. The highest BCUT2D eigenvalue weighted by atomic mass is 16.7. The summed E-state index contributed by atoms with van der Waals surface area (Å²) in [4.78, 5) is 13.1. The lowest BCUT2D eigenvalue weighted by atomic mass is 9.97. The van der Waals surface area contributed by atoms with E-state index in [1.807, 2.05) is 6.08 Å². The molecule has 2 fully saturated rings. The van der Waals surface area contributed by atoms with E-state index in [0.29, 0.717) is 6.42 Å². The van der Waals surface area contributed by atoms with Gasteiger partial charge in [0, 0.05) is 6.42 Å². The first-order chi connectivity index (χ1) is 30.1. The van der Waals surface area contributed by atoms with E-state index >= 15 is 0 Å². The van der Waals surface area contributed by atoms with Gasteiger partial charge in [-0.25, -0.2) is 0 Å². The van der Waals surface area contributed by atoms with Crippen molar-refractivity contribution < 1.29 is 64.6 Å². The fraction of sp³-hybridized carbons (Fsp3) is 0.896. The summed E-state index contributed by atoms with van der Waals surface area (Å²) in [6.07, 6.45) is 20.7. The van der Waals surface area contributed by atoms with E-state index in [0.717, 1.165) is 57.8 Å². The van der Waals surface area contributed by atoms with Crippen LogP contribution in [0.25, 0.3) is 0 Å². The minimum Gasteiger partial charge on any atom is -0.394 e. The van der Waals surface area contributed by atoms with E-state index < -0.39 is 86.8 Å². The van der Waals surface area contributed by atoms with Gasteiger partial charge in [-0.15, -0.1) is 0 Å². The Hall–Kier alpha value is -1.53. The van der Waals surface area contributed by atoms with Gasteiger partial charge in [0.25, 0.3) is 0 Å². The van der Waals surface area contributed by atoms with Crippen LogP contribution < -0.4 is 5.32 Å². The third-order valence-electron chi connectivity index (χ3n) is 12.1. The predicted molar refractivity (Wildman–Crippen MR) is 240 cm³/mol. The number of carbonyl (C=O) groups excluding carboxylic acids is 1. The number of unbranched alkanes of at least 4 members (excludes halogenated alkanes) is 22. The quantitative estimate of drug-likeness (QED) is 0.0267. The molecule has 0 unspecified atom stereocenters. The number of hydrogen-bond acceptors (Lipinski definition) is 13. The van der Waals surface area contributed by atoms with Crippen molar-refractivity contribution in [3.05, 3.63) is 24.3 Å². The van der Waals surface area contributed by atoms with Gasteiger partial charge in [0.1, 0.15) is 48.8 Å². The molecular formula is C48H89NO13. The van der Waals surface area contributed by atoms with Crippen molar-refractivity contribution in [2.45, 2.75) is 254 Å². The van der Waals surface area contributed by atoms with Crippen molar-refractivity contribution in [3.8, 4) is 0 Å². The largest absolute Gasteiger partial charge is 0.394 e. The van der Waals surface area contributed by atoms with Crippen LogP contribution in [0.3, 0.4) is 0 Å². The fourth-order valence-corrected chi connectivity index (χ4v) is 8.05. The average Bonchev–Trinajstić information content (AvgIpc) is 3.27. The van der Waals surface area contributed by atoms with E-state index in [-0.39, 0.29) is 18.9 Å². The number of amides is 1. The molecule has 0 aromatic heterocycles. The molecule has 9 N–H and O–H groups in total. The smallest absolute Gasteiger partial charge is 0.220 e. The Kier molecular flexibility index (Phi) is 32.6. The second-order valence-electron chi connectivity index (χ2n) is 17.6. The molecule has 0 aliphatic carbocycles. The third kappa shape index (κ3) is 23.1. The molecule has 0 aromatic rings. The van der Waals surface area contributed by atoms with Crippen molar-refractivity contribution in [3.63, 3.8) is 0 Å². The Morgan fingerprint density at radius 1 is 0.565 bits per heavy atom. The van der Waals surface area contributed by atoms with Gasteiger partial charge < -0.3 is 65.1 Å². The summed E-state index contributed by atoms with van der Waals surface area (Å²) in [5.74, 6) is -0.250. The van der Waals surface area contributed by atoms with Gasteiger partial charge in [-0.3, -0.25) is 4.79 Å². The van der Waals surface area contributed by atoms with Crippen LogP contribution in [0, 0.1) is 0 Å². The molecule has 2 aliphatic heterocycles. The second kappa shape index (κ2) is 35.7. The molecule has 0 saturated carbocycles. The molecule has 14 nitrogen and oxygen atoms in total. The molecule has 0 spiro atoms. The minimum atomic E-state index is -1.79. The lowest BCUT2D eigenvalue weighted by Crippen LogP contribution is -2.65. The maximum absolute atomic E-state index is 13.1. The predicted octanol–water partition coefficient (Wildman–Crippen LogP) is 5.77. The highest BCUT2D eigenvalue weighted by Crippen LogP contribution is 2.30. The van der Waals surface area contributed by atoms with Gasteiger partial charge in [-0.2, -0.15) is 0 Å². The maximum atomic E-state index is 13.1. The summed E-state index contributed by atoms with van der Waals surface area (Å²) in [7, 11) is 0. The van der Waals surface area contributed by atoms with Crippen molar-refractivity contribution in [2.75, 3.05) is 19.8 Å². The molecule has 2 aliphatic rings. The van der Waals surface area contributed by atoms with Gasteiger partial charge in [0.15, 0.2) is 12.6 Å². The fourth-order valence-electron chi connectivity index (χ4n) is 8.05. The van der Waals surface area contributed by atoms with Gasteiger partial charge >= 0.3 is 0 Å². The summed E-state index contributed by atoms with van der Waals surface area (Å²) in [5, 5.41) is 86.6. The van der Waals surface area contributed by atoms with E-state index in [1.165, 1.54) is 96.3 Å². The Balaban J connectivity index is 1.88. The number of nitrogens with one attached hydrogen (secondary N) is 1. The van der Waals surface area contributed by atoms with Crippen molar-refractivity contribution in [2.24, 2.45) is 0 Å². The molecule has 62 heavy (non-hydrogen) atoms. The van der Waals surface area contributed by atoms with E-state index in [1.54, 1.807) is 6.08 Å². The number of aliphatic hydroxyl groups is 8. The summed E-state index contributed by atoms with van der Waals surface area (Å²) in [6, 6.07) is -0.914. The zero-order valence-corrected chi connectivity index (χ0v) is 38.4. The molecule has 0 radical (unpaired) electrons. The van der Waals surface area contributed by atoms with E-state index in [4.69, 9.17) is 18.9 Å². The number of allylic oxidation sites excluding steroid dienone is 3. The van der Waals surface area contributed by atoms with Crippen molar-refractivity contribution >= 4 is 5.91 Å². The van der Waals surface area contributed by atoms with Crippen LogP contribution in [0.5, 0.6) is 0 Å². The van der Waals surface area contributed by atoms with Crippen LogP contribution >= 0.6 is 0 Å². The topological polar surface area (TPSA) is 228 Å². The monoisotopic (exact) mass is 888 g/mol. The lowest BCUT2D eigenvalue weighted by Gasteiger charge is -2.46. The SMILES string of the molecule is CCCCCCCCC=CCCCCCCCC(=O)N[C@@H](CO[C@@H]1O[C@H](CO)[C@@H](O[C@@H]2O[C@H](CO)[C@H](O)[C@H](O)[C@H]2O)[C@H](O)[C@H]1O)[C@H](O)C=CCCCCCCCCCCCCC. The number of ether oxygens (including phenoxy) is 4. The zero-order chi connectivity index (χ0) is 45.4. The van der Waals surface area contributed by atoms with Gasteiger partial charge in [-0.05, 0) is 44.9 Å². The molecule has 2 saturated heterocycles. The molecule has 12 atom stereocenters. The number of hydrogen-bond donors (Lipinski definition) is 9. The second-order valence-corrected chi connectivity index (χ2v) is 17.6. The Morgan fingerprint density at radius 2 is 1.02 bits per heavy atom. The summed E-state index contributed by atoms with van der Waals surface area (Å²) in [6.45, 7) is 2.76. The molecule has 2 heterocycles. The lowest BCUT2D eigenvalue weighted by molar-refractivity contribution is -0.359. The molecule has 364 valence electrons. The maximum Gasteiger partial charge on any atom is 0.220 e. The van der Waals surface area contributed by atoms with Crippen molar-refractivity contribution in [1.82, 2.24) is 5.32 Å². The van der Waals surface area contributed by atoms with Crippen LogP contribution in [0.2, 0.25) is 0 Å². The highest BCUT2D eigenvalue weighted by molar-refractivity contribution is 5.76. The minimum absolute atomic E-state index is 0.250. The number of rotatable bonds is 37.